The number of carboxylic acids is 1. The maximum absolute atomic E-state index is 14.3. The molecule has 0 spiro atoms. The molecular weight excluding hydrogens is 451 g/mol. The molecule has 1 heterocycles. The Hall–Kier alpha value is -1.97. The second kappa shape index (κ2) is 8.18. The third kappa shape index (κ3) is 3.92. The summed E-state index contributed by atoms with van der Waals surface area (Å²) in [6.07, 6.45) is 1.16. The van der Waals surface area contributed by atoms with Crippen LogP contribution < -0.4 is 9.62 Å². The minimum absolute atomic E-state index is 0.0301. The quantitative estimate of drug-likeness (QED) is 0.629. The van der Waals surface area contributed by atoms with Crippen LogP contribution in [0.3, 0.4) is 0 Å². The molecule has 0 aromatic heterocycles. The summed E-state index contributed by atoms with van der Waals surface area (Å²) in [6.45, 7) is 0.465. The van der Waals surface area contributed by atoms with Crippen molar-refractivity contribution in [2.45, 2.75) is 30.2 Å². The number of fused-ring (bicyclic) bond motifs is 2. The van der Waals surface area contributed by atoms with Crippen molar-refractivity contribution < 1.29 is 22.7 Å². The van der Waals surface area contributed by atoms with E-state index in [1.807, 2.05) is 6.07 Å². The summed E-state index contributed by atoms with van der Waals surface area (Å²) in [5.74, 6) is -1.40. The molecule has 6 nitrogen and oxygen atoms in total. The lowest BCUT2D eigenvalue weighted by atomic mass is 9.96. The van der Waals surface area contributed by atoms with Crippen LogP contribution in [0.1, 0.15) is 36.4 Å². The predicted molar refractivity (Wildman–Crippen MR) is 107 cm³/mol. The van der Waals surface area contributed by atoms with E-state index in [9.17, 15) is 17.6 Å². The highest BCUT2D eigenvalue weighted by atomic mass is 79.9. The summed E-state index contributed by atoms with van der Waals surface area (Å²) in [4.78, 5) is 10.7. The SMILES string of the molecule is CN1c2ccccc2C(NCCCCC(=O)O)c2cc(F)c(Br)cc2S1(=O)=O. The smallest absolute Gasteiger partial charge is 0.303 e. The molecule has 0 saturated carbocycles. The van der Waals surface area contributed by atoms with Crippen LogP contribution in [0.2, 0.25) is 0 Å². The van der Waals surface area contributed by atoms with Crippen LogP contribution in [0.25, 0.3) is 0 Å². The molecule has 28 heavy (non-hydrogen) atoms. The van der Waals surface area contributed by atoms with Crippen molar-refractivity contribution in [1.29, 1.82) is 0 Å². The first-order valence-corrected chi connectivity index (χ1v) is 11.0. The fourth-order valence-electron chi connectivity index (χ4n) is 3.32. The van der Waals surface area contributed by atoms with Crippen LogP contribution in [0.4, 0.5) is 10.1 Å². The van der Waals surface area contributed by atoms with Crippen LogP contribution in [0, 0.1) is 5.82 Å². The average Bonchev–Trinajstić information content (AvgIpc) is 2.71. The number of anilines is 1. The third-order valence-corrected chi connectivity index (χ3v) is 7.19. The van der Waals surface area contributed by atoms with E-state index in [2.05, 4.69) is 21.2 Å². The van der Waals surface area contributed by atoms with Crippen LogP contribution in [-0.4, -0.2) is 33.1 Å². The molecule has 0 saturated heterocycles. The maximum atomic E-state index is 14.3. The van der Waals surface area contributed by atoms with Gasteiger partial charge in [0.1, 0.15) is 5.82 Å². The molecule has 1 unspecified atom stereocenters. The van der Waals surface area contributed by atoms with Gasteiger partial charge in [-0.2, -0.15) is 0 Å². The molecule has 2 N–H and O–H groups in total. The summed E-state index contributed by atoms with van der Waals surface area (Å²) in [5, 5.41) is 12.1. The molecule has 2 aromatic carbocycles. The fraction of sp³-hybridized carbons (Fsp3) is 0.316. The number of carboxylic acid groups (broad SMARTS) is 1. The van der Waals surface area contributed by atoms with Crippen molar-refractivity contribution in [1.82, 2.24) is 5.32 Å². The van der Waals surface area contributed by atoms with E-state index in [1.54, 1.807) is 18.2 Å². The standard InChI is InChI=1S/C19H20BrFN2O4S/c1-23-16-7-3-2-6-12(16)19(22-9-5-4-8-18(24)25)13-10-15(21)14(20)11-17(13)28(23,26)27/h2-3,6-7,10-11,19,22H,4-5,8-9H2,1H3,(H,24,25). The van der Waals surface area contributed by atoms with Gasteiger partial charge in [-0.15, -0.1) is 0 Å². The molecule has 1 aliphatic heterocycles. The average molecular weight is 471 g/mol. The Morgan fingerprint density at radius 1 is 1.25 bits per heavy atom. The highest BCUT2D eigenvalue weighted by molar-refractivity contribution is 9.10. The first-order chi connectivity index (χ1) is 13.2. The Balaban J connectivity index is 2.06. The molecule has 0 aliphatic carbocycles. The van der Waals surface area contributed by atoms with Gasteiger partial charge in [0, 0.05) is 13.5 Å². The zero-order valence-corrected chi connectivity index (χ0v) is 17.6. The van der Waals surface area contributed by atoms with Gasteiger partial charge in [0.25, 0.3) is 10.0 Å². The number of halogens is 2. The second-order valence-electron chi connectivity index (χ2n) is 6.57. The first-order valence-electron chi connectivity index (χ1n) is 8.75. The van der Waals surface area contributed by atoms with Gasteiger partial charge >= 0.3 is 5.97 Å². The zero-order chi connectivity index (χ0) is 20.5. The Morgan fingerprint density at radius 2 is 1.96 bits per heavy atom. The number of hydrogen-bond acceptors (Lipinski definition) is 4. The maximum Gasteiger partial charge on any atom is 0.303 e. The molecule has 9 heteroatoms. The number of aliphatic carboxylic acids is 1. The molecule has 1 atom stereocenters. The molecule has 0 bridgehead atoms. The number of nitrogens with zero attached hydrogens (tertiary/aromatic N) is 1. The normalized spacial score (nSPS) is 17.5. The molecule has 1 aliphatic rings. The Kier molecular flexibility index (Phi) is 6.07. The van der Waals surface area contributed by atoms with Gasteiger partial charge in [0.05, 0.1) is 21.1 Å². The van der Waals surface area contributed by atoms with Crippen LogP contribution >= 0.6 is 15.9 Å². The molecule has 150 valence electrons. The Labute approximate surface area is 171 Å². The van der Waals surface area contributed by atoms with Crippen molar-refractivity contribution in [3.05, 3.63) is 57.8 Å². The molecule has 3 rings (SSSR count). The fourth-order valence-corrected chi connectivity index (χ4v) is 5.28. The molecule has 0 fully saturated rings. The third-order valence-electron chi connectivity index (χ3n) is 4.76. The second-order valence-corrected chi connectivity index (χ2v) is 9.37. The summed E-state index contributed by atoms with van der Waals surface area (Å²) in [5.41, 5.74) is 1.56. The molecule has 0 radical (unpaired) electrons. The largest absolute Gasteiger partial charge is 0.481 e. The Bertz CT molecular complexity index is 1010. The molecule has 2 aromatic rings. The Morgan fingerprint density at radius 3 is 2.68 bits per heavy atom. The minimum atomic E-state index is -3.87. The van der Waals surface area contributed by atoms with Gasteiger partial charge in [0.2, 0.25) is 0 Å². The number of hydrogen-bond donors (Lipinski definition) is 2. The first kappa shape index (κ1) is 20.8. The zero-order valence-electron chi connectivity index (χ0n) is 15.2. The number of nitrogens with one attached hydrogen (secondary N) is 1. The molecular formula is C19H20BrFN2O4S. The summed E-state index contributed by atoms with van der Waals surface area (Å²) in [7, 11) is -2.39. The van der Waals surface area contributed by atoms with E-state index in [0.717, 1.165) is 0 Å². The summed E-state index contributed by atoms with van der Waals surface area (Å²) >= 11 is 3.08. The van der Waals surface area contributed by atoms with E-state index in [1.165, 1.54) is 23.5 Å². The van der Waals surface area contributed by atoms with Crippen LogP contribution in [0.15, 0.2) is 45.8 Å². The summed E-state index contributed by atoms with van der Waals surface area (Å²) < 4.78 is 41.9. The predicted octanol–water partition coefficient (Wildman–Crippen LogP) is 3.66. The van der Waals surface area contributed by atoms with E-state index in [4.69, 9.17) is 5.11 Å². The van der Waals surface area contributed by atoms with Crippen molar-refractivity contribution in [2.24, 2.45) is 0 Å². The lowest BCUT2D eigenvalue weighted by Gasteiger charge is -2.22. The van der Waals surface area contributed by atoms with Gasteiger partial charge in [0.15, 0.2) is 0 Å². The van der Waals surface area contributed by atoms with Crippen molar-refractivity contribution in [2.75, 3.05) is 17.9 Å². The highest BCUT2D eigenvalue weighted by Crippen LogP contribution is 2.41. The van der Waals surface area contributed by atoms with Gasteiger partial charge in [-0.05, 0) is 64.6 Å². The topological polar surface area (TPSA) is 86.7 Å². The van der Waals surface area contributed by atoms with E-state index in [-0.39, 0.29) is 15.8 Å². The number of benzene rings is 2. The van der Waals surface area contributed by atoms with E-state index in [0.29, 0.717) is 36.2 Å². The van der Waals surface area contributed by atoms with Gasteiger partial charge in [-0.1, -0.05) is 18.2 Å². The van der Waals surface area contributed by atoms with Crippen LogP contribution in [-0.2, 0) is 14.8 Å². The lowest BCUT2D eigenvalue weighted by molar-refractivity contribution is -0.137. The number of sulfonamides is 1. The van der Waals surface area contributed by atoms with Gasteiger partial charge in [-0.25, -0.2) is 12.8 Å². The van der Waals surface area contributed by atoms with Crippen LogP contribution in [0.5, 0.6) is 0 Å². The number of unbranched alkanes of at least 4 members (excludes halogenated alkanes) is 1. The van der Waals surface area contributed by atoms with Crippen molar-refractivity contribution in [3.8, 4) is 0 Å². The summed E-state index contributed by atoms with van der Waals surface area (Å²) in [6, 6.07) is 9.07. The molecule has 0 amide bonds. The number of rotatable bonds is 6. The minimum Gasteiger partial charge on any atom is -0.481 e. The van der Waals surface area contributed by atoms with Crippen molar-refractivity contribution in [3.63, 3.8) is 0 Å². The highest BCUT2D eigenvalue weighted by Gasteiger charge is 2.35. The number of para-hydroxylation sites is 1. The van der Waals surface area contributed by atoms with E-state index < -0.39 is 27.9 Å². The van der Waals surface area contributed by atoms with Crippen molar-refractivity contribution >= 4 is 37.6 Å². The monoisotopic (exact) mass is 470 g/mol. The van der Waals surface area contributed by atoms with Gasteiger partial charge < -0.3 is 10.4 Å². The lowest BCUT2D eigenvalue weighted by Crippen LogP contribution is -2.26. The van der Waals surface area contributed by atoms with E-state index >= 15 is 0 Å². The van der Waals surface area contributed by atoms with Gasteiger partial charge in [-0.3, -0.25) is 9.10 Å². The number of carbonyl (C=O) groups is 1.